The van der Waals surface area contributed by atoms with Crippen molar-refractivity contribution in [1.29, 1.82) is 0 Å². The molecular formula is C18H27N3. The molecule has 2 unspecified atom stereocenters. The molecule has 3 heteroatoms. The Bertz CT molecular complexity index is 478. The van der Waals surface area contributed by atoms with Crippen LogP contribution in [0.1, 0.15) is 32.1 Å². The number of nitrogens with two attached hydrogens (primary N) is 1. The van der Waals surface area contributed by atoms with Gasteiger partial charge in [-0.1, -0.05) is 18.2 Å². The lowest BCUT2D eigenvalue weighted by Crippen LogP contribution is -2.61. The Morgan fingerprint density at radius 3 is 2.43 bits per heavy atom. The van der Waals surface area contributed by atoms with E-state index in [2.05, 4.69) is 40.1 Å². The summed E-state index contributed by atoms with van der Waals surface area (Å²) < 4.78 is 0. The van der Waals surface area contributed by atoms with Crippen LogP contribution in [0.15, 0.2) is 30.3 Å². The molecule has 21 heavy (non-hydrogen) atoms. The van der Waals surface area contributed by atoms with Gasteiger partial charge in [0, 0.05) is 43.4 Å². The molecule has 0 aromatic heterocycles. The second-order valence-corrected chi connectivity index (χ2v) is 7.24. The minimum absolute atomic E-state index is 0.283. The van der Waals surface area contributed by atoms with Crippen molar-refractivity contribution >= 4 is 5.69 Å². The lowest BCUT2D eigenvalue weighted by atomic mass is 9.84. The Kier molecular flexibility index (Phi) is 3.43. The molecule has 1 saturated carbocycles. The van der Waals surface area contributed by atoms with Crippen LogP contribution in [0.4, 0.5) is 5.69 Å². The molecule has 3 fully saturated rings. The maximum absolute atomic E-state index is 6.27. The van der Waals surface area contributed by atoms with E-state index in [-0.39, 0.29) is 5.54 Å². The fourth-order valence-electron chi connectivity index (χ4n) is 4.93. The number of rotatable bonds is 3. The summed E-state index contributed by atoms with van der Waals surface area (Å²) in [5.41, 5.74) is 7.92. The highest BCUT2D eigenvalue weighted by molar-refractivity contribution is 5.46. The number of piperidine rings is 2. The van der Waals surface area contributed by atoms with E-state index >= 15 is 0 Å². The minimum Gasteiger partial charge on any atom is -0.371 e. The predicted octanol–water partition coefficient (Wildman–Crippen LogP) is 2.47. The minimum atomic E-state index is 0.283. The Hall–Kier alpha value is -1.06. The van der Waals surface area contributed by atoms with Crippen LogP contribution in [0.5, 0.6) is 0 Å². The average Bonchev–Trinajstić information content (AvgIpc) is 3.19. The maximum atomic E-state index is 6.27. The standard InChI is InChI=1S/C18H27N3/c19-14-18(21-13-15-6-7-17(21)12-15)8-10-20(11-9-18)16-4-2-1-3-5-16/h1-5,15,17H,6-14,19H2. The van der Waals surface area contributed by atoms with Crippen LogP contribution >= 0.6 is 0 Å². The van der Waals surface area contributed by atoms with Crippen molar-refractivity contribution < 1.29 is 0 Å². The molecule has 0 amide bonds. The molecule has 2 heterocycles. The highest BCUT2D eigenvalue weighted by Crippen LogP contribution is 2.44. The molecule has 2 aliphatic heterocycles. The fraction of sp³-hybridized carbons (Fsp3) is 0.667. The predicted molar refractivity (Wildman–Crippen MR) is 87.5 cm³/mol. The van der Waals surface area contributed by atoms with E-state index in [9.17, 15) is 0 Å². The van der Waals surface area contributed by atoms with Crippen LogP contribution in [-0.2, 0) is 0 Å². The zero-order valence-electron chi connectivity index (χ0n) is 12.9. The van der Waals surface area contributed by atoms with Crippen LogP contribution < -0.4 is 10.6 Å². The van der Waals surface area contributed by atoms with Crippen molar-refractivity contribution in [3.63, 3.8) is 0 Å². The first-order valence-electron chi connectivity index (χ1n) is 8.57. The molecule has 0 radical (unpaired) electrons. The first-order valence-corrected chi connectivity index (χ1v) is 8.57. The summed E-state index contributed by atoms with van der Waals surface area (Å²) in [5.74, 6) is 0.963. The molecule has 1 aromatic rings. The first-order chi connectivity index (χ1) is 10.3. The molecule has 4 rings (SSSR count). The summed E-state index contributed by atoms with van der Waals surface area (Å²) in [6.45, 7) is 4.44. The third-order valence-corrected chi connectivity index (χ3v) is 6.21. The topological polar surface area (TPSA) is 32.5 Å². The molecule has 114 valence electrons. The van der Waals surface area contributed by atoms with Crippen molar-refractivity contribution in [3.05, 3.63) is 30.3 Å². The Morgan fingerprint density at radius 1 is 1.10 bits per heavy atom. The molecule has 1 aromatic carbocycles. The Morgan fingerprint density at radius 2 is 1.86 bits per heavy atom. The number of para-hydroxylation sites is 1. The first kappa shape index (κ1) is 13.6. The van der Waals surface area contributed by atoms with Gasteiger partial charge in [0.05, 0.1) is 0 Å². The average molecular weight is 285 g/mol. The van der Waals surface area contributed by atoms with Gasteiger partial charge in [0.25, 0.3) is 0 Å². The summed E-state index contributed by atoms with van der Waals surface area (Å²) in [6.07, 6.45) is 6.75. The number of benzene rings is 1. The second-order valence-electron chi connectivity index (χ2n) is 7.24. The molecule has 1 aliphatic carbocycles. The molecule has 0 spiro atoms. The van der Waals surface area contributed by atoms with Gasteiger partial charge in [-0.15, -0.1) is 0 Å². The summed E-state index contributed by atoms with van der Waals surface area (Å²) in [7, 11) is 0. The normalized spacial score (nSPS) is 31.8. The summed E-state index contributed by atoms with van der Waals surface area (Å²) >= 11 is 0. The van der Waals surface area contributed by atoms with Crippen LogP contribution in [0.2, 0.25) is 0 Å². The van der Waals surface area contributed by atoms with Crippen LogP contribution in [0.25, 0.3) is 0 Å². The number of fused-ring (bicyclic) bond motifs is 2. The summed E-state index contributed by atoms with van der Waals surface area (Å²) in [5, 5.41) is 0. The number of likely N-dealkylation sites (tertiary alicyclic amines) is 1. The molecule has 3 aliphatic rings. The van der Waals surface area contributed by atoms with E-state index in [4.69, 9.17) is 5.73 Å². The van der Waals surface area contributed by atoms with Crippen molar-refractivity contribution in [2.24, 2.45) is 11.7 Å². The summed E-state index contributed by atoms with van der Waals surface area (Å²) in [4.78, 5) is 5.34. The van der Waals surface area contributed by atoms with E-state index < -0.39 is 0 Å². The van der Waals surface area contributed by atoms with Gasteiger partial charge in [-0.3, -0.25) is 4.90 Å². The fourth-order valence-corrected chi connectivity index (χ4v) is 4.93. The Labute approximate surface area is 128 Å². The maximum Gasteiger partial charge on any atom is 0.0368 e. The quantitative estimate of drug-likeness (QED) is 0.926. The number of hydrogen-bond donors (Lipinski definition) is 1. The highest BCUT2D eigenvalue weighted by Gasteiger charge is 2.48. The SMILES string of the molecule is NCC1(N2CC3CCC2C3)CCN(c2ccccc2)CC1. The molecule has 2 atom stereocenters. The van der Waals surface area contributed by atoms with Crippen molar-refractivity contribution in [2.45, 2.75) is 43.7 Å². The Balaban J connectivity index is 1.47. The summed E-state index contributed by atoms with van der Waals surface area (Å²) in [6, 6.07) is 11.7. The zero-order chi connectivity index (χ0) is 14.3. The van der Waals surface area contributed by atoms with Crippen LogP contribution in [0.3, 0.4) is 0 Å². The number of anilines is 1. The van der Waals surface area contributed by atoms with Gasteiger partial charge in [-0.05, 0) is 50.2 Å². The zero-order valence-corrected chi connectivity index (χ0v) is 12.9. The van der Waals surface area contributed by atoms with E-state index in [1.807, 2.05) is 0 Å². The van der Waals surface area contributed by atoms with Gasteiger partial charge in [0.15, 0.2) is 0 Å². The highest BCUT2D eigenvalue weighted by atomic mass is 15.3. The largest absolute Gasteiger partial charge is 0.371 e. The number of nitrogens with zero attached hydrogens (tertiary/aromatic N) is 2. The third-order valence-electron chi connectivity index (χ3n) is 6.21. The van der Waals surface area contributed by atoms with Crippen molar-refractivity contribution in [3.8, 4) is 0 Å². The third kappa shape index (κ3) is 2.27. The van der Waals surface area contributed by atoms with Gasteiger partial charge >= 0.3 is 0 Å². The van der Waals surface area contributed by atoms with Crippen LogP contribution in [0, 0.1) is 5.92 Å². The monoisotopic (exact) mass is 285 g/mol. The molecule has 2 bridgehead atoms. The van der Waals surface area contributed by atoms with Crippen molar-refractivity contribution in [2.75, 3.05) is 31.1 Å². The van der Waals surface area contributed by atoms with E-state index in [0.29, 0.717) is 0 Å². The van der Waals surface area contributed by atoms with E-state index in [1.54, 1.807) is 0 Å². The van der Waals surface area contributed by atoms with Crippen LogP contribution in [-0.4, -0.2) is 42.7 Å². The molecular weight excluding hydrogens is 258 g/mol. The molecule has 3 nitrogen and oxygen atoms in total. The van der Waals surface area contributed by atoms with Gasteiger partial charge < -0.3 is 10.6 Å². The van der Waals surface area contributed by atoms with Gasteiger partial charge in [-0.25, -0.2) is 0 Å². The van der Waals surface area contributed by atoms with E-state index in [1.165, 1.54) is 44.3 Å². The van der Waals surface area contributed by atoms with Gasteiger partial charge in [0.2, 0.25) is 0 Å². The lowest BCUT2D eigenvalue weighted by Gasteiger charge is -2.50. The van der Waals surface area contributed by atoms with Crippen molar-refractivity contribution in [1.82, 2.24) is 4.90 Å². The molecule has 2 saturated heterocycles. The number of hydrogen-bond acceptors (Lipinski definition) is 3. The van der Waals surface area contributed by atoms with Gasteiger partial charge in [-0.2, -0.15) is 0 Å². The van der Waals surface area contributed by atoms with E-state index in [0.717, 1.165) is 31.6 Å². The second kappa shape index (κ2) is 5.29. The smallest absolute Gasteiger partial charge is 0.0368 e. The molecule has 2 N–H and O–H groups in total. The lowest BCUT2D eigenvalue weighted by molar-refractivity contribution is 0.0401. The van der Waals surface area contributed by atoms with Gasteiger partial charge in [0.1, 0.15) is 0 Å².